The Balaban J connectivity index is 1.86. The predicted octanol–water partition coefficient (Wildman–Crippen LogP) is 1.89. The van der Waals surface area contributed by atoms with Crippen LogP contribution in [0.4, 0.5) is 5.69 Å². The Labute approximate surface area is 120 Å². The normalized spacial score (nSPS) is 26.3. The molecule has 0 aromatic heterocycles. The van der Waals surface area contributed by atoms with E-state index in [2.05, 4.69) is 37.1 Å². The highest BCUT2D eigenvalue weighted by molar-refractivity contribution is 5.80. The molecule has 0 bridgehead atoms. The maximum absolute atomic E-state index is 12.7. The number of fused-ring (bicyclic) bond motifs is 1. The van der Waals surface area contributed by atoms with Gasteiger partial charge in [0.1, 0.15) is 0 Å². The number of ether oxygens (including phenoxy) is 1. The van der Waals surface area contributed by atoms with Gasteiger partial charge in [0.25, 0.3) is 0 Å². The first-order valence-electron chi connectivity index (χ1n) is 7.34. The summed E-state index contributed by atoms with van der Waals surface area (Å²) in [6.07, 6.45) is 0.861. The molecule has 0 N–H and O–H groups in total. The van der Waals surface area contributed by atoms with Gasteiger partial charge in [-0.3, -0.25) is 4.79 Å². The third-order valence-electron chi connectivity index (χ3n) is 4.38. The summed E-state index contributed by atoms with van der Waals surface area (Å²) >= 11 is 0. The fraction of sp³-hybridized carbons (Fsp3) is 0.562. The molecule has 1 aromatic carbocycles. The van der Waals surface area contributed by atoms with Crippen molar-refractivity contribution in [2.45, 2.75) is 25.9 Å². The zero-order chi connectivity index (χ0) is 14.1. The average molecular weight is 274 g/mol. The monoisotopic (exact) mass is 274 g/mol. The van der Waals surface area contributed by atoms with Crippen LogP contribution in [0.15, 0.2) is 24.3 Å². The molecule has 108 valence electrons. The van der Waals surface area contributed by atoms with Crippen molar-refractivity contribution >= 4 is 11.6 Å². The van der Waals surface area contributed by atoms with E-state index in [-0.39, 0.29) is 17.9 Å². The van der Waals surface area contributed by atoms with Crippen molar-refractivity contribution < 1.29 is 9.53 Å². The number of carbonyl (C=O) groups excluding carboxylic acids is 1. The van der Waals surface area contributed by atoms with Crippen LogP contribution in [0.2, 0.25) is 0 Å². The van der Waals surface area contributed by atoms with Gasteiger partial charge in [-0.2, -0.15) is 0 Å². The van der Waals surface area contributed by atoms with E-state index in [1.807, 2.05) is 11.0 Å². The van der Waals surface area contributed by atoms with Crippen molar-refractivity contribution in [2.24, 2.45) is 5.92 Å². The minimum absolute atomic E-state index is 0.0491. The number of amides is 1. The largest absolute Gasteiger partial charge is 0.381 e. The maximum Gasteiger partial charge on any atom is 0.228 e. The fourth-order valence-electron chi connectivity index (χ4n) is 3.21. The molecule has 4 nitrogen and oxygen atoms in total. The highest BCUT2D eigenvalue weighted by atomic mass is 16.5. The molecule has 1 aromatic rings. The third kappa shape index (κ3) is 2.40. The van der Waals surface area contributed by atoms with E-state index in [0.29, 0.717) is 13.2 Å². The lowest BCUT2D eigenvalue weighted by Gasteiger charge is -2.30. The average Bonchev–Trinajstić information content (AvgIpc) is 2.94. The number of benzene rings is 1. The van der Waals surface area contributed by atoms with Crippen LogP contribution >= 0.6 is 0 Å². The number of anilines is 1. The van der Waals surface area contributed by atoms with Gasteiger partial charge in [-0.25, -0.2) is 0 Å². The summed E-state index contributed by atoms with van der Waals surface area (Å²) in [4.78, 5) is 17.0. The topological polar surface area (TPSA) is 32.8 Å². The van der Waals surface area contributed by atoms with Crippen molar-refractivity contribution in [1.29, 1.82) is 0 Å². The van der Waals surface area contributed by atoms with E-state index in [1.165, 1.54) is 11.3 Å². The van der Waals surface area contributed by atoms with Gasteiger partial charge in [0.05, 0.1) is 12.5 Å². The number of nitrogens with zero attached hydrogens (tertiary/aromatic N) is 2. The quantitative estimate of drug-likeness (QED) is 0.784. The minimum Gasteiger partial charge on any atom is -0.381 e. The van der Waals surface area contributed by atoms with Crippen LogP contribution in [-0.2, 0) is 16.1 Å². The van der Waals surface area contributed by atoms with Crippen LogP contribution in [0.5, 0.6) is 0 Å². The Bertz CT molecular complexity index is 497. The van der Waals surface area contributed by atoms with Gasteiger partial charge in [-0.05, 0) is 25.0 Å². The molecule has 1 amide bonds. The van der Waals surface area contributed by atoms with E-state index < -0.39 is 0 Å². The zero-order valence-electron chi connectivity index (χ0n) is 12.2. The first-order chi connectivity index (χ1) is 9.66. The van der Waals surface area contributed by atoms with Gasteiger partial charge in [0, 0.05) is 38.5 Å². The van der Waals surface area contributed by atoms with E-state index in [0.717, 1.165) is 19.6 Å². The first kappa shape index (κ1) is 13.4. The first-order valence-corrected chi connectivity index (χ1v) is 7.34. The molecule has 0 spiro atoms. The van der Waals surface area contributed by atoms with Crippen LogP contribution in [0, 0.1) is 5.92 Å². The molecule has 0 aliphatic carbocycles. The predicted molar refractivity (Wildman–Crippen MR) is 78.7 cm³/mol. The summed E-state index contributed by atoms with van der Waals surface area (Å²) in [5.41, 5.74) is 2.46. The lowest BCUT2D eigenvalue weighted by molar-refractivity contribution is -0.138. The lowest BCUT2D eigenvalue weighted by Crippen LogP contribution is -2.44. The van der Waals surface area contributed by atoms with Crippen molar-refractivity contribution in [2.75, 3.05) is 31.7 Å². The number of rotatable bonds is 1. The van der Waals surface area contributed by atoms with Gasteiger partial charge in [0.2, 0.25) is 5.91 Å². The summed E-state index contributed by atoms with van der Waals surface area (Å²) in [6, 6.07) is 8.58. The highest BCUT2D eigenvalue weighted by Crippen LogP contribution is 2.28. The standard InChI is InChI=1S/C16H22N2O2/c1-12-9-17(2)15-6-4-3-5-13(15)10-18(12)16(19)14-7-8-20-11-14/h3-6,12,14H,7-11H2,1-2H3. The molecular weight excluding hydrogens is 252 g/mol. The van der Waals surface area contributed by atoms with Crippen LogP contribution in [0.3, 0.4) is 0 Å². The van der Waals surface area contributed by atoms with Crippen LogP contribution in [0.25, 0.3) is 0 Å². The van der Waals surface area contributed by atoms with Crippen LogP contribution in [0.1, 0.15) is 18.9 Å². The summed E-state index contributed by atoms with van der Waals surface area (Å²) in [7, 11) is 2.10. The zero-order valence-corrected chi connectivity index (χ0v) is 12.2. The van der Waals surface area contributed by atoms with Gasteiger partial charge in [0.15, 0.2) is 0 Å². The highest BCUT2D eigenvalue weighted by Gasteiger charge is 2.33. The Hall–Kier alpha value is -1.55. The number of carbonyl (C=O) groups is 1. The lowest BCUT2D eigenvalue weighted by atomic mass is 10.1. The van der Waals surface area contributed by atoms with E-state index in [4.69, 9.17) is 4.74 Å². The number of para-hydroxylation sites is 1. The molecule has 4 heteroatoms. The smallest absolute Gasteiger partial charge is 0.228 e. The minimum atomic E-state index is 0.0491. The molecule has 2 aliphatic rings. The van der Waals surface area contributed by atoms with Crippen LogP contribution < -0.4 is 4.90 Å². The van der Waals surface area contributed by atoms with Crippen LogP contribution in [-0.4, -0.2) is 43.7 Å². The second kappa shape index (κ2) is 5.44. The Morgan fingerprint density at radius 1 is 1.35 bits per heavy atom. The fourth-order valence-corrected chi connectivity index (χ4v) is 3.21. The summed E-state index contributed by atoms with van der Waals surface area (Å²) in [6.45, 7) is 5.01. The van der Waals surface area contributed by atoms with E-state index in [9.17, 15) is 4.79 Å². The van der Waals surface area contributed by atoms with E-state index in [1.54, 1.807) is 0 Å². The summed E-state index contributed by atoms with van der Waals surface area (Å²) < 4.78 is 5.37. The Morgan fingerprint density at radius 3 is 2.90 bits per heavy atom. The number of hydrogen-bond acceptors (Lipinski definition) is 3. The third-order valence-corrected chi connectivity index (χ3v) is 4.38. The number of likely N-dealkylation sites (N-methyl/N-ethyl adjacent to an activating group) is 1. The molecular formula is C16H22N2O2. The number of hydrogen-bond donors (Lipinski definition) is 0. The molecule has 0 saturated carbocycles. The van der Waals surface area contributed by atoms with Crippen molar-refractivity contribution in [1.82, 2.24) is 4.90 Å². The molecule has 0 radical (unpaired) electrons. The molecule has 3 rings (SSSR count). The molecule has 1 saturated heterocycles. The summed E-state index contributed by atoms with van der Waals surface area (Å²) in [5.74, 6) is 0.299. The molecule has 20 heavy (non-hydrogen) atoms. The van der Waals surface area contributed by atoms with Crippen molar-refractivity contribution in [3.8, 4) is 0 Å². The molecule has 2 unspecified atom stereocenters. The summed E-state index contributed by atoms with van der Waals surface area (Å²) in [5, 5.41) is 0. The second-order valence-corrected chi connectivity index (χ2v) is 5.88. The Morgan fingerprint density at radius 2 is 2.15 bits per heavy atom. The van der Waals surface area contributed by atoms with E-state index >= 15 is 0 Å². The van der Waals surface area contributed by atoms with Gasteiger partial charge < -0.3 is 14.5 Å². The van der Waals surface area contributed by atoms with Gasteiger partial charge in [-0.15, -0.1) is 0 Å². The molecule has 2 aliphatic heterocycles. The van der Waals surface area contributed by atoms with Crippen molar-refractivity contribution in [3.05, 3.63) is 29.8 Å². The second-order valence-electron chi connectivity index (χ2n) is 5.88. The Kier molecular flexibility index (Phi) is 3.66. The van der Waals surface area contributed by atoms with Gasteiger partial charge >= 0.3 is 0 Å². The van der Waals surface area contributed by atoms with Crippen molar-refractivity contribution in [3.63, 3.8) is 0 Å². The molecule has 2 atom stereocenters. The van der Waals surface area contributed by atoms with Gasteiger partial charge in [-0.1, -0.05) is 18.2 Å². The SMILES string of the molecule is CC1CN(C)c2ccccc2CN1C(=O)C1CCOC1. The molecule has 1 fully saturated rings. The maximum atomic E-state index is 12.7. The molecule has 2 heterocycles.